The molecule has 0 bridgehead atoms. The summed E-state index contributed by atoms with van der Waals surface area (Å²) in [5.41, 5.74) is 3.66. The zero-order valence-electron chi connectivity index (χ0n) is 18.3. The molecule has 0 aliphatic carbocycles. The van der Waals surface area contributed by atoms with Gasteiger partial charge in [0.1, 0.15) is 0 Å². The van der Waals surface area contributed by atoms with Crippen LogP contribution in [0.4, 0.5) is 0 Å². The number of rotatable bonds is 11. The molecule has 0 fully saturated rings. The second-order valence-corrected chi connectivity index (χ2v) is 7.29. The van der Waals surface area contributed by atoms with E-state index >= 15 is 0 Å². The van der Waals surface area contributed by atoms with Crippen molar-refractivity contribution in [3.63, 3.8) is 0 Å². The fourth-order valence-corrected chi connectivity index (χ4v) is 3.09. The van der Waals surface area contributed by atoms with E-state index in [9.17, 15) is 9.59 Å². The maximum Gasteiger partial charge on any atom is 0.258 e. The van der Waals surface area contributed by atoms with Crippen molar-refractivity contribution < 1.29 is 23.8 Å². The van der Waals surface area contributed by atoms with Crippen molar-refractivity contribution in [2.45, 2.75) is 26.7 Å². The molecule has 0 heterocycles. The monoisotopic (exact) mass is 433 g/mol. The summed E-state index contributed by atoms with van der Waals surface area (Å²) >= 11 is 0. The first-order valence-electron chi connectivity index (χ1n) is 10.3. The lowest BCUT2D eigenvalue weighted by molar-refractivity contribution is -0.123. The fraction of sp³-hybridized carbons (Fsp3) is 0.231. The first kappa shape index (κ1) is 23.0. The molecule has 0 atom stereocenters. The number of ether oxygens (including phenoxy) is 3. The number of methoxy groups -OCH3 is 1. The predicted molar refractivity (Wildman–Crippen MR) is 122 cm³/mol. The molecule has 6 heteroatoms. The van der Waals surface area contributed by atoms with Crippen molar-refractivity contribution in [1.29, 1.82) is 0 Å². The van der Waals surface area contributed by atoms with Gasteiger partial charge < -0.3 is 19.5 Å². The molecule has 0 aliphatic rings. The summed E-state index contributed by atoms with van der Waals surface area (Å²) in [6.07, 6.45) is 0. The Labute approximate surface area is 188 Å². The molecule has 3 aromatic carbocycles. The standard InChI is InChI=1S/C26H27NO5/c1-19(28)23-11-12-24(25(14-23)30-2)32-18-26(29)27-15-21-9-6-10-22(13-21)17-31-16-20-7-4-3-5-8-20/h3-14H,15-18H2,1-2H3,(H,27,29). The topological polar surface area (TPSA) is 73.9 Å². The number of Topliss-reactive ketones (excluding diaryl/α,β-unsaturated/α-hetero) is 1. The summed E-state index contributed by atoms with van der Waals surface area (Å²) in [4.78, 5) is 23.7. The molecule has 1 amide bonds. The number of ketones is 1. The maximum atomic E-state index is 12.2. The van der Waals surface area contributed by atoms with Gasteiger partial charge in [-0.25, -0.2) is 0 Å². The van der Waals surface area contributed by atoms with Crippen LogP contribution in [-0.2, 0) is 29.3 Å². The van der Waals surface area contributed by atoms with E-state index in [4.69, 9.17) is 14.2 Å². The zero-order chi connectivity index (χ0) is 22.8. The number of benzene rings is 3. The molecule has 3 aromatic rings. The summed E-state index contributed by atoms with van der Waals surface area (Å²) in [5, 5.41) is 2.85. The largest absolute Gasteiger partial charge is 0.493 e. The van der Waals surface area contributed by atoms with Gasteiger partial charge in [0.05, 0.1) is 20.3 Å². The minimum atomic E-state index is -0.256. The number of carbonyl (C=O) groups is 2. The van der Waals surface area contributed by atoms with Gasteiger partial charge in [-0.3, -0.25) is 9.59 Å². The first-order chi connectivity index (χ1) is 15.5. The van der Waals surface area contributed by atoms with Crippen LogP contribution >= 0.6 is 0 Å². The van der Waals surface area contributed by atoms with Crippen LogP contribution in [0.25, 0.3) is 0 Å². The third kappa shape index (κ3) is 6.96. The molecule has 32 heavy (non-hydrogen) atoms. The van der Waals surface area contributed by atoms with Crippen molar-refractivity contribution in [2.75, 3.05) is 13.7 Å². The summed E-state index contributed by atoms with van der Waals surface area (Å²) in [6.45, 7) is 2.75. The molecule has 0 unspecified atom stereocenters. The molecule has 6 nitrogen and oxygen atoms in total. The maximum absolute atomic E-state index is 12.2. The van der Waals surface area contributed by atoms with Crippen molar-refractivity contribution >= 4 is 11.7 Å². The highest BCUT2D eigenvalue weighted by Gasteiger charge is 2.10. The SMILES string of the molecule is COc1cc(C(C)=O)ccc1OCC(=O)NCc1cccc(COCc2ccccc2)c1. The third-order valence-corrected chi connectivity index (χ3v) is 4.79. The Bertz CT molecular complexity index is 1050. The second kappa shape index (κ2) is 11.7. The van der Waals surface area contributed by atoms with E-state index < -0.39 is 0 Å². The Morgan fingerprint density at radius 3 is 2.28 bits per heavy atom. The smallest absolute Gasteiger partial charge is 0.258 e. The van der Waals surface area contributed by atoms with Crippen LogP contribution in [0.5, 0.6) is 11.5 Å². The van der Waals surface area contributed by atoms with Gasteiger partial charge in [0.25, 0.3) is 5.91 Å². The van der Waals surface area contributed by atoms with Gasteiger partial charge in [-0.15, -0.1) is 0 Å². The molecular weight excluding hydrogens is 406 g/mol. The first-order valence-corrected chi connectivity index (χ1v) is 10.3. The van der Waals surface area contributed by atoms with Crippen molar-refractivity contribution in [3.05, 3.63) is 95.1 Å². The Kier molecular flexibility index (Phi) is 8.40. The third-order valence-electron chi connectivity index (χ3n) is 4.79. The number of nitrogens with one attached hydrogen (secondary N) is 1. The lowest BCUT2D eigenvalue weighted by Crippen LogP contribution is -2.28. The average Bonchev–Trinajstić information content (AvgIpc) is 2.82. The number of hydrogen-bond donors (Lipinski definition) is 1. The molecule has 166 valence electrons. The van der Waals surface area contributed by atoms with E-state index in [-0.39, 0.29) is 18.3 Å². The fourth-order valence-electron chi connectivity index (χ4n) is 3.09. The van der Waals surface area contributed by atoms with Crippen LogP contribution in [0.15, 0.2) is 72.8 Å². The zero-order valence-corrected chi connectivity index (χ0v) is 18.3. The molecule has 0 aromatic heterocycles. The van der Waals surface area contributed by atoms with E-state index in [1.54, 1.807) is 18.2 Å². The summed E-state index contributed by atoms with van der Waals surface area (Å²) < 4.78 is 16.6. The molecule has 0 aliphatic heterocycles. The molecule has 0 radical (unpaired) electrons. The molecular formula is C26H27NO5. The lowest BCUT2D eigenvalue weighted by atomic mass is 10.1. The Hall–Kier alpha value is -3.64. The van der Waals surface area contributed by atoms with Crippen LogP contribution in [-0.4, -0.2) is 25.4 Å². The second-order valence-electron chi connectivity index (χ2n) is 7.29. The molecule has 0 saturated carbocycles. The Balaban J connectivity index is 1.45. The van der Waals surface area contributed by atoms with Gasteiger partial charge in [-0.2, -0.15) is 0 Å². The van der Waals surface area contributed by atoms with Crippen LogP contribution in [0, 0.1) is 0 Å². The van der Waals surface area contributed by atoms with Crippen LogP contribution < -0.4 is 14.8 Å². The van der Waals surface area contributed by atoms with Crippen LogP contribution in [0.1, 0.15) is 34.0 Å². The van der Waals surface area contributed by atoms with Gasteiger partial charge in [-0.1, -0.05) is 54.6 Å². The van der Waals surface area contributed by atoms with E-state index in [0.29, 0.717) is 36.8 Å². The minimum absolute atomic E-state index is 0.0692. The number of amides is 1. The van der Waals surface area contributed by atoms with Crippen molar-refractivity contribution in [3.8, 4) is 11.5 Å². The Morgan fingerprint density at radius 1 is 0.812 bits per heavy atom. The highest BCUT2D eigenvalue weighted by Crippen LogP contribution is 2.28. The lowest BCUT2D eigenvalue weighted by Gasteiger charge is -2.12. The van der Waals surface area contributed by atoms with Gasteiger partial charge >= 0.3 is 0 Å². The van der Waals surface area contributed by atoms with E-state index in [1.807, 2.05) is 54.6 Å². The summed E-state index contributed by atoms with van der Waals surface area (Å²) in [7, 11) is 1.49. The van der Waals surface area contributed by atoms with E-state index in [0.717, 1.165) is 16.7 Å². The predicted octanol–water partition coefficient (Wildman–Crippen LogP) is 4.31. The van der Waals surface area contributed by atoms with E-state index in [2.05, 4.69) is 5.32 Å². The van der Waals surface area contributed by atoms with Gasteiger partial charge in [0.15, 0.2) is 23.9 Å². The van der Waals surface area contributed by atoms with Crippen LogP contribution in [0.2, 0.25) is 0 Å². The minimum Gasteiger partial charge on any atom is -0.493 e. The normalized spacial score (nSPS) is 10.4. The summed E-state index contributed by atoms with van der Waals surface area (Å²) in [5.74, 6) is 0.493. The Morgan fingerprint density at radius 2 is 1.53 bits per heavy atom. The quantitative estimate of drug-likeness (QED) is 0.456. The van der Waals surface area contributed by atoms with Gasteiger partial charge in [-0.05, 0) is 41.8 Å². The number of hydrogen-bond acceptors (Lipinski definition) is 5. The number of carbonyl (C=O) groups excluding carboxylic acids is 2. The molecule has 3 rings (SSSR count). The van der Waals surface area contributed by atoms with Crippen LogP contribution in [0.3, 0.4) is 0 Å². The molecule has 0 spiro atoms. The van der Waals surface area contributed by atoms with Crippen molar-refractivity contribution in [1.82, 2.24) is 5.32 Å². The van der Waals surface area contributed by atoms with E-state index in [1.165, 1.54) is 14.0 Å². The highest BCUT2D eigenvalue weighted by atomic mass is 16.5. The molecule has 1 N–H and O–H groups in total. The van der Waals surface area contributed by atoms with Gasteiger partial charge in [0.2, 0.25) is 0 Å². The van der Waals surface area contributed by atoms with Gasteiger partial charge in [0, 0.05) is 12.1 Å². The highest BCUT2D eigenvalue weighted by molar-refractivity contribution is 5.94. The van der Waals surface area contributed by atoms with Crippen molar-refractivity contribution in [2.24, 2.45) is 0 Å². The summed E-state index contributed by atoms with van der Waals surface area (Å²) in [6, 6.07) is 22.8. The molecule has 0 saturated heterocycles. The average molecular weight is 434 g/mol.